The van der Waals surface area contributed by atoms with Crippen LogP contribution in [0.3, 0.4) is 0 Å². The van der Waals surface area contributed by atoms with Crippen molar-refractivity contribution in [3.05, 3.63) is 69.1 Å². The number of esters is 1. The third-order valence-corrected chi connectivity index (χ3v) is 4.20. The number of hydrogen-bond donors (Lipinski definition) is 1. The maximum absolute atomic E-state index is 12.1. The Morgan fingerprint density at radius 3 is 2.76 bits per heavy atom. The number of aromatic nitrogens is 2. The Morgan fingerprint density at radius 1 is 1.28 bits per heavy atom. The summed E-state index contributed by atoms with van der Waals surface area (Å²) in [6, 6.07) is 8.10. The van der Waals surface area contributed by atoms with Crippen LogP contribution in [0.1, 0.15) is 28.5 Å². The Balaban J connectivity index is 1.63. The first-order chi connectivity index (χ1) is 12.0. The van der Waals surface area contributed by atoms with Gasteiger partial charge in [-0.2, -0.15) is 0 Å². The highest BCUT2D eigenvalue weighted by Crippen LogP contribution is 2.10. The molecule has 0 bridgehead atoms. The zero-order chi connectivity index (χ0) is 17.8. The quantitative estimate of drug-likeness (QED) is 0.703. The van der Waals surface area contributed by atoms with E-state index < -0.39 is 5.97 Å². The van der Waals surface area contributed by atoms with Gasteiger partial charge in [0.25, 0.3) is 5.56 Å². The summed E-state index contributed by atoms with van der Waals surface area (Å²) in [7, 11) is 0. The van der Waals surface area contributed by atoms with Crippen LogP contribution in [0.25, 0.3) is 4.96 Å². The number of carbonyl (C=O) groups is 2. The van der Waals surface area contributed by atoms with Gasteiger partial charge in [0, 0.05) is 31.1 Å². The van der Waals surface area contributed by atoms with E-state index in [1.807, 2.05) is 0 Å². The van der Waals surface area contributed by atoms with Crippen LogP contribution in [0.5, 0.6) is 0 Å². The molecule has 0 saturated heterocycles. The third kappa shape index (κ3) is 4.10. The molecule has 1 aromatic carbocycles. The maximum Gasteiger partial charge on any atom is 0.338 e. The highest BCUT2D eigenvalue weighted by Gasteiger charge is 2.10. The average Bonchev–Trinajstić information content (AvgIpc) is 3.07. The summed E-state index contributed by atoms with van der Waals surface area (Å²) >= 11 is 1.34. The van der Waals surface area contributed by atoms with Crippen molar-refractivity contribution in [2.24, 2.45) is 0 Å². The average molecular weight is 357 g/mol. The minimum Gasteiger partial charge on any atom is -0.456 e. The van der Waals surface area contributed by atoms with E-state index in [2.05, 4.69) is 10.3 Å². The summed E-state index contributed by atoms with van der Waals surface area (Å²) < 4.78 is 6.65. The van der Waals surface area contributed by atoms with E-state index >= 15 is 0 Å². The number of amides is 1. The van der Waals surface area contributed by atoms with Crippen LogP contribution in [-0.4, -0.2) is 21.3 Å². The second-order valence-electron chi connectivity index (χ2n) is 5.32. The molecule has 0 atom stereocenters. The van der Waals surface area contributed by atoms with Gasteiger partial charge in [0.2, 0.25) is 5.91 Å². The number of carbonyl (C=O) groups excluding carboxylic acids is 2. The molecule has 0 unspecified atom stereocenters. The van der Waals surface area contributed by atoms with Gasteiger partial charge in [0.15, 0.2) is 4.96 Å². The molecule has 2 heterocycles. The van der Waals surface area contributed by atoms with Gasteiger partial charge < -0.3 is 10.1 Å². The number of fused-ring (bicyclic) bond motifs is 1. The largest absolute Gasteiger partial charge is 0.456 e. The van der Waals surface area contributed by atoms with Crippen molar-refractivity contribution < 1.29 is 14.3 Å². The Labute approximate surface area is 146 Å². The lowest BCUT2D eigenvalue weighted by Crippen LogP contribution is -2.18. The number of benzene rings is 1. The Kier molecular flexibility index (Phi) is 4.90. The molecule has 0 radical (unpaired) electrons. The molecule has 2 aromatic heterocycles. The fourth-order valence-corrected chi connectivity index (χ4v) is 2.91. The SMILES string of the molecule is CC(=O)NCc1ccc(C(=O)OCc2cc(=O)n3ccsc3n2)cc1. The second kappa shape index (κ2) is 7.27. The molecule has 8 heteroatoms. The molecule has 0 aliphatic carbocycles. The number of ether oxygens (including phenoxy) is 1. The molecular formula is C17H15N3O4S. The van der Waals surface area contributed by atoms with E-state index in [-0.39, 0.29) is 18.1 Å². The van der Waals surface area contributed by atoms with E-state index in [0.717, 1.165) is 5.56 Å². The van der Waals surface area contributed by atoms with Gasteiger partial charge in [0.05, 0.1) is 11.3 Å². The van der Waals surface area contributed by atoms with Gasteiger partial charge in [-0.1, -0.05) is 12.1 Å². The van der Waals surface area contributed by atoms with Crippen LogP contribution in [0, 0.1) is 0 Å². The molecule has 25 heavy (non-hydrogen) atoms. The standard InChI is InChI=1S/C17H15N3O4S/c1-11(21)18-9-12-2-4-13(5-3-12)16(23)24-10-14-8-15(22)20-6-7-25-17(20)19-14/h2-8H,9-10H2,1H3,(H,18,21). The zero-order valence-corrected chi connectivity index (χ0v) is 14.2. The molecule has 1 amide bonds. The van der Waals surface area contributed by atoms with Crippen molar-refractivity contribution in [2.45, 2.75) is 20.1 Å². The molecule has 0 aliphatic heterocycles. The summed E-state index contributed by atoms with van der Waals surface area (Å²) in [4.78, 5) is 39.7. The Morgan fingerprint density at radius 2 is 2.04 bits per heavy atom. The van der Waals surface area contributed by atoms with Crippen molar-refractivity contribution in [3.8, 4) is 0 Å². The minimum atomic E-state index is -0.501. The maximum atomic E-state index is 12.1. The fourth-order valence-electron chi connectivity index (χ4n) is 2.17. The molecule has 1 N–H and O–H groups in total. The predicted molar refractivity (Wildman–Crippen MR) is 92.4 cm³/mol. The first-order valence-corrected chi connectivity index (χ1v) is 8.37. The van der Waals surface area contributed by atoms with E-state index in [9.17, 15) is 14.4 Å². The summed E-state index contributed by atoms with van der Waals surface area (Å²) in [6.45, 7) is 1.77. The van der Waals surface area contributed by atoms with Crippen LogP contribution in [0.2, 0.25) is 0 Å². The second-order valence-corrected chi connectivity index (χ2v) is 6.20. The van der Waals surface area contributed by atoms with Crippen molar-refractivity contribution in [1.29, 1.82) is 0 Å². The van der Waals surface area contributed by atoms with Crippen LogP contribution in [0.4, 0.5) is 0 Å². The minimum absolute atomic E-state index is 0.0733. The van der Waals surface area contributed by atoms with E-state index in [1.54, 1.807) is 35.8 Å². The van der Waals surface area contributed by atoms with Crippen molar-refractivity contribution in [3.63, 3.8) is 0 Å². The molecule has 0 saturated carbocycles. The molecule has 3 aromatic rings. The van der Waals surface area contributed by atoms with Gasteiger partial charge in [0.1, 0.15) is 6.61 Å². The summed E-state index contributed by atoms with van der Waals surface area (Å²) in [5, 5.41) is 4.45. The smallest absolute Gasteiger partial charge is 0.338 e. The van der Waals surface area contributed by atoms with Crippen LogP contribution in [0.15, 0.2) is 46.7 Å². The Bertz CT molecular complexity index is 975. The normalized spacial score (nSPS) is 10.6. The lowest BCUT2D eigenvalue weighted by Gasteiger charge is -2.06. The van der Waals surface area contributed by atoms with Crippen LogP contribution in [-0.2, 0) is 22.7 Å². The number of hydrogen-bond acceptors (Lipinski definition) is 6. The van der Waals surface area contributed by atoms with Gasteiger partial charge in [-0.05, 0) is 17.7 Å². The number of rotatable bonds is 5. The summed E-state index contributed by atoms with van der Waals surface area (Å²) in [6.07, 6.45) is 1.65. The predicted octanol–water partition coefficient (Wildman–Crippen LogP) is 1.75. The first kappa shape index (κ1) is 16.8. The van der Waals surface area contributed by atoms with Crippen molar-refractivity contribution in [1.82, 2.24) is 14.7 Å². The van der Waals surface area contributed by atoms with Crippen molar-refractivity contribution >= 4 is 28.2 Å². The summed E-state index contributed by atoms with van der Waals surface area (Å²) in [5.41, 5.74) is 1.47. The van der Waals surface area contributed by atoms with Crippen molar-refractivity contribution in [2.75, 3.05) is 0 Å². The molecule has 0 aliphatic rings. The van der Waals surface area contributed by atoms with Gasteiger partial charge >= 0.3 is 5.97 Å². The first-order valence-electron chi connectivity index (χ1n) is 7.49. The zero-order valence-electron chi connectivity index (χ0n) is 13.4. The molecule has 0 fully saturated rings. The topological polar surface area (TPSA) is 89.8 Å². The molecule has 3 rings (SSSR count). The van der Waals surface area contributed by atoms with E-state index in [4.69, 9.17) is 4.74 Å². The van der Waals surface area contributed by atoms with E-state index in [1.165, 1.54) is 28.7 Å². The van der Waals surface area contributed by atoms with Crippen LogP contribution < -0.4 is 10.9 Å². The Hall–Kier alpha value is -3.00. The summed E-state index contributed by atoms with van der Waals surface area (Å²) in [5.74, 6) is -0.617. The third-order valence-electron chi connectivity index (χ3n) is 3.44. The highest BCUT2D eigenvalue weighted by molar-refractivity contribution is 7.15. The number of nitrogens with zero attached hydrogens (tertiary/aromatic N) is 2. The van der Waals surface area contributed by atoms with Gasteiger partial charge in [-0.25, -0.2) is 9.78 Å². The van der Waals surface area contributed by atoms with E-state index in [0.29, 0.717) is 22.8 Å². The fraction of sp³-hybridized carbons (Fsp3) is 0.176. The van der Waals surface area contributed by atoms with Crippen LogP contribution >= 0.6 is 11.3 Å². The highest BCUT2D eigenvalue weighted by atomic mass is 32.1. The molecule has 0 spiro atoms. The lowest BCUT2D eigenvalue weighted by molar-refractivity contribution is -0.119. The van der Waals surface area contributed by atoms with Gasteiger partial charge in [-0.3, -0.25) is 14.0 Å². The number of nitrogens with one attached hydrogen (secondary N) is 1. The van der Waals surface area contributed by atoms with Gasteiger partial charge in [-0.15, -0.1) is 11.3 Å². The monoisotopic (exact) mass is 357 g/mol. The molecule has 7 nitrogen and oxygen atoms in total. The molecule has 128 valence electrons. The number of thiazole rings is 1. The molecular weight excluding hydrogens is 342 g/mol. The lowest BCUT2D eigenvalue weighted by atomic mass is 10.1.